The summed E-state index contributed by atoms with van der Waals surface area (Å²) >= 11 is 0. The number of rotatable bonds is 3. The van der Waals surface area contributed by atoms with E-state index >= 15 is 0 Å². The highest BCUT2D eigenvalue weighted by molar-refractivity contribution is 6.36. The predicted octanol–water partition coefficient (Wildman–Crippen LogP) is 4.11. The number of anilines is 1. The number of hydrogen-bond donors (Lipinski definition) is 0. The van der Waals surface area contributed by atoms with Gasteiger partial charge in [-0.15, -0.1) is 0 Å². The van der Waals surface area contributed by atoms with Crippen molar-refractivity contribution in [3.05, 3.63) is 81.4 Å². The summed E-state index contributed by atoms with van der Waals surface area (Å²) in [5.74, 6) is -0.927. The van der Waals surface area contributed by atoms with Gasteiger partial charge in [0.15, 0.2) is 0 Å². The molecule has 0 saturated heterocycles. The predicted molar refractivity (Wildman–Crippen MR) is 97.6 cm³/mol. The van der Waals surface area contributed by atoms with E-state index in [1.54, 1.807) is 30.3 Å². The first-order valence-corrected chi connectivity index (χ1v) is 8.21. The molecule has 0 atom stereocenters. The molecule has 0 bridgehead atoms. The Morgan fingerprint density at radius 3 is 2.31 bits per heavy atom. The van der Waals surface area contributed by atoms with Crippen LogP contribution in [0.1, 0.15) is 33.2 Å². The number of carbonyl (C=O) groups is 2. The number of amides is 2. The second kappa shape index (κ2) is 5.77. The Labute approximate surface area is 148 Å². The van der Waals surface area contributed by atoms with Gasteiger partial charge < -0.3 is 0 Å². The summed E-state index contributed by atoms with van der Waals surface area (Å²) in [7, 11) is 0. The minimum atomic E-state index is -0.503. The minimum Gasteiger partial charge on any atom is -0.268 e. The van der Waals surface area contributed by atoms with Crippen molar-refractivity contribution < 1.29 is 14.5 Å². The first kappa shape index (κ1) is 16.0. The fourth-order valence-electron chi connectivity index (χ4n) is 3.49. The number of hydrogen-bond acceptors (Lipinski definition) is 4. The molecule has 6 heteroatoms. The number of imide groups is 1. The Hall–Kier alpha value is -3.54. The SMILES string of the molecule is CCc1ccccc1N1C(=O)c2cccc3c([N+](=O)[O-])ccc(c23)C1=O. The molecule has 4 rings (SSSR count). The van der Waals surface area contributed by atoms with Crippen LogP contribution in [-0.4, -0.2) is 16.7 Å². The van der Waals surface area contributed by atoms with E-state index in [2.05, 4.69) is 0 Å². The third-order valence-electron chi connectivity index (χ3n) is 4.69. The first-order chi connectivity index (χ1) is 12.5. The standard InChI is InChI=1S/C20H14N2O4/c1-2-12-6-3-4-9-16(12)21-19(23)14-8-5-7-13-17(22(25)26)11-10-15(18(13)14)20(21)24/h3-11H,2H2,1H3. The van der Waals surface area contributed by atoms with Crippen LogP contribution >= 0.6 is 0 Å². The highest BCUT2D eigenvalue weighted by Gasteiger charge is 2.36. The van der Waals surface area contributed by atoms with Crippen LogP contribution in [0, 0.1) is 10.1 Å². The molecule has 0 aromatic heterocycles. The van der Waals surface area contributed by atoms with Crippen molar-refractivity contribution in [3.63, 3.8) is 0 Å². The van der Waals surface area contributed by atoms with Gasteiger partial charge in [-0.1, -0.05) is 31.2 Å². The van der Waals surface area contributed by atoms with Gasteiger partial charge >= 0.3 is 0 Å². The zero-order valence-corrected chi connectivity index (χ0v) is 13.9. The maximum absolute atomic E-state index is 13.1. The summed E-state index contributed by atoms with van der Waals surface area (Å²) in [5.41, 5.74) is 1.91. The van der Waals surface area contributed by atoms with Gasteiger partial charge in [-0.25, -0.2) is 4.90 Å². The van der Waals surface area contributed by atoms with Gasteiger partial charge in [0.2, 0.25) is 0 Å². The van der Waals surface area contributed by atoms with Crippen molar-refractivity contribution in [1.29, 1.82) is 0 Å². The first-order valence-electron chi connectivity index (χ1n) is 8.21. The quantitative estimate of drug-likeness (QED) is 0.406. The molecule has 1 heterocycles. The van der Waals surface area contributed by atoms with Gasteiger partial charge in [0, 0.05) is 22.6 Å². The van der Waals surface area contributed by atoms with E-state index < -0.39 is 16.7 Å². The average Bonchev–Trinajstić information content (AvgIpc) is 2.66. The molecule has 0 spiro atoms. The van der Waals surface area contributed by atoms with Crippen molar-refractivity contribution >= 4 is 34.0 Å². The second-order valence-corrected chi connectivity index (χ2v) is 6.05. The molecule has 0 saturated carbocycles. The summed E-state index contributed by atoms with van der Waals surface area (Å²) in [5, 5.41) is 12.0. The maximum atomic E-state index is 13.1. The summed E-state index contributed by atoms with van der Waals surface area (Å²) in [6.45, 7) is 1.95. The molecular formula is C20H14N2O4. The third kappa shape index (κ3) is 2.12. The van der Waals surface area contributed by atoms with Crippen LogP contribution in [0.4, 0.5) is 11.4 Å². The van der Waals surface area contributed by atoms with Gasteiger partial charge in [-0.3, -0.25) is 19.7 Å². The Morgan fingerprint density at radius 1 is 0.923 bits per heavy atom. The average molecular weight is 346 g/mol. The molecule has 0 unspecified atom stereocenters. The fourth-order valence-corrected chi connectivity index (χ4v) is 3.49. The van der Waals surface area contributed by atoms with Crippen molar-refractivity contribution in [2.45, 2.75) is 13.3 Å². The van der Waals surface area contributed by atoms with E-state index in [4.69, 9.17) is 0 Å². The normalized spacial score (nSPS) is 13.3. The molecule has 128 valence electrons. The zero-order valence-electron chi connectivity index (χ0n) is 13.9. The zero-order chi connectivity index (χ0) is 18.4. The van der Waals surface area contributed by atoms with Crippen molar-refractivity contribution in [2.24, 2.45) is 0 Å². The van der Waals surface area contributed by atoms with E-state index in [9.17, 15) is 19.7 Å². The number of non-ortho nitro benzene ring substituents is 1. The Kier molecular flexibility index (Phi) is 3.54. The van der Waals surface area contributed by atoms with Crippen LogP contribution in [0.5, 0.6) is 0 Å². The summed E-state index contributed by atoms with van der Waals surface area (Å²) in [4.78, 5) is 38.2. The maximum Gasteiger partial charge on any atom is 0.277 e. The largest absolute Gasteiger partial charge is 0.277 e. The summed E-state index contributed by atoms with van der Waals surface area (Å²) in [6.07, 6.45) is 0.671. The third-order valence-corrected chi connectivity index (χ3v) is 4.69. The topological polar surface area (TPSA) is 80.5 Å². The van der Waals surface area contributed by atoms with E-state index in [-0.39, 0.29) is 5.69 Å². The van der Waals surface area contributed by atoms with Gasteiger partial charge in [0.05, 0.1) is 16.0 Å². The lowest BCUT2D eigenvalue weighted by molar-refractivity contribution is -0.383. The van der Waals surface area contributed by atoms with Crippen LogP contribution in [0.15, 0.2) is 54.6 Å². The molecule has 0 fully saturated rings. The second-order valence-electron chi connectivity index (χ2n) is 6.05. The number of carbonyl (C=O) groups excluding carboxylic acids is 2. The molecule has 0 N–H and O–H groups in total. The van der Waals surface area contributed by atoms with E-state index in [0.717, 1.165) is 5.56 Å². The van der Waals surface area contributed by atoms with Gasteiger partial charge in [-0.05, 0) is 36.2 Å². The van der Waals surface area contributed by atoms with E-state index in [0.29, 0.717) is 34.0 Å². The lowest BCUT2D eigenvalue weighted by Crippen LogP contribution is -2.41. The van der Waals surface area contributed by atoms with Crippen LogP contribution in [0.2, 0.25) is 0 Å². The number of nitro benzene ring substituents is 1. The summed E-state index contributed by atoms with van der Waals surface area (Å²) < 4.78 is 0. The Balaban J connectivity index is 2.01. The van der Waals surface area contributed by atoms with Crippen molar-refractivity contribution in [2.75, 3.05) is 4.90 Å². The molecule has 1 aliphatic heterocycles. The molecule has 6 nitrogen and oxygen atoms in total. The smallest absolute Gasteiger partial charge is 0.268 e. The number of nitro groups is 1. The van der Waals surface area contributed by atoms with Gasteiger partial charge in [0.25, 0.3) is 17.5 Å². The Bertz CT molecular complexity index is 1080. The Morgan fingerprint density at radius 2 is 1.62 bits per heavy atom. The lowest BCUT2D eigenvalue weighted by Gasteiger charge is -2.28. The molecule has 26 heavy (non-hydrogen) atoms. The van der Waals surface area contributed by atoms with Gasteiger partial charge in [-0.2, -0.15) is 0 Å². The summed E-state index contributed by atoms with van der Waals surface area (Å²) in [6, 6.07) is 14.8. The molecule has 3 aromatic carbocycles. The molecular weight excluding hydrogens is 332 g/mol. The minimum absolute atomic E-state index is 0.117. The van der Waals surface area contributed by atoms with Crippen molar-refractivity contribution in [1.82, 2.24) is 0 Å². The molecule has 1 aliphatic rings. The van der Waals surface area contributed by atoms with Crippen LogP contribution in [0.3, 0.4) is 0 Å². The number of aryl methyl sites for hydroxylation is 1. The fraction of sp³-hybridized carbons (Fsp3) is 0.100. The highest BCUT2D eigenvalue weighted by atomic mass is 16.6. The lowest BCUT2D eigenvalue weighted by atomic mass is 9.92. The molecule has 0 radical (unpaired) electrons. The highest BCUT2D eigenvalue weighted by Crippen LogP contribution is 2.37. The van der Waals surface area contributed by atoms with E-state index in [1.807, 2.05) is 19.1 Å². The monoisotopic (exact) mass is 346 g/mol. The number of para-hydroxylation sites is 1. The molecule has 3 aromatic rings. The number of nitrogens with zero attached hydrogens (tertiary/aromatic N) is 2. The molecule has 2 amide bonds. The van der Waals surface area contributed by atoms with Crippen molar-refractivity contribution in [3.8, 4) is 0 Å². The van der Waals surface area contributed by atoms with Crippen LogP contribution in [0.25, 0.3) is 10.8 Å². The van der Waals surface area contributed by atoms with Crippen LogP contribution in [-0.2, 0) is 6.42 Å². The molecule has 0 aliphatic carbocycles. The number of benzene rings is 3. The van der Waals surface area contributed by atoms with Crippen LogP contribution < -0.4 is 4.90 Å². The van der Waals surface area contributed by atoms with Gasteiger partial charge in [0.1, 0.15) is 0 Å². The van der Waals surface area contributed by atoms with E-state index in [1.165, 1.54) is 17.0 Å².